The van der Waals surface area contributed by atoms with Gasteiger partial charge in [0, 0.05) is 19.5 Å². The number of amides is 2. The number of nitrogens with zero attached hydrogens (tertiary/aromatic N) is 2. The van der Waals surface area contributed by atoms with Crippen molar-refractivity contribution >= 4 is 27.5 Å². The van der Waals surface area contributed by atoms with Gasteiger partial charge in [-0.15, -0.1) is 0 Å². The molecule has 208 valence electrons. The fourth-order valence-electron chi connectivity index (χ4n) is 4.49. The minimum atomic E-state index is -3.79. The van der Waals surface area contributed by atoms with Crippen LogP contribution in [-0.2, 0) is 32.6 Å². The van der Waals surface area contributed by atoms with E-state index in [9.17, 15) is 18.0 Å². The van der Waals surface area contributed by atoms with Crippen LogP contribution in [-0.4, -0.2) is 50.5 Å². The zero-order valence-corrected chi connectivity index (χ0v) is 24.3. The zero-order valence-electron chi connectivity index (χ0n) is 23.5. The standard InChI is InChI=1S/C31H39N3O4S/c1-6-18-32-31(36)29(20-26-10-8-7-9-11-26)33(21-27-15-12-23(2)13-16-27)30(35)22-34(39(5,37)38)28-17-14-24(3)19-25(28)4/h7-17,19,29H,6,18,20-22H2,1-5H3,(H,32,36). The number of aryl methyl sites for hydroxylation is 3. The number of benzene rings is 3. The zero-order chi connectivity index (χ0) is 28.6. The highest BCUT2D eigenvalue weighted by Crippen LogP contribution is 2.25. The first-order valence-electron chi connectivity index (χ1n) is 13.2. The van der Waals surface area contributed by atoms with E-state index in [1.54, 1.807) is 6.07 Å². The van der Waals surface area contributed by atoms with Gasteiger partial charge in [-0.1, -0.05) is 84.8 Å². The molecule has 7 nitrogen and oxygen atoms in total. The molecule has 39 heavy (non-hydrogen) atoms. The molecule has 1 unspecified atom stereocenters. The summed E-state index contributed by atoms with van der Waals surface area (Å²) in [6, 6.07) is 21.9. The van der Waals surface area contributed by atoms with Gasteiger partial charge in [0.05, 0.1) is 11.9 Å². The van der Waals surface area contributed by atoms with Crippen molar-refractivity contribution in [3.8, 4) is 0 Å². The van der Waals surface area contributed by atoms with Crippen LogP contribution < -0.4 is 9.62 Å². The maximum absolute atomic E-state index is 14.1. The Balaban J connectivity index is 2.05. The predicted octanol–water partition coefficient (Wildman–Crippen LogP) is 4.54. The lowest BCUT2D eigenvalue weighted by atomic mass is 10.0. The maximum atomic E-state index is 14.1. The average molecular weight is 550 g/mol. The van der Waals surface area contributed by atoms with Gasteiger partial charge in [0.25, 0.3) is 0 Å². The Hall–Kier alpha value is -3.65. The van der Waals surface area contributed by atoms with Gasteiger partial charge in [-0.25, -0.2) is 8.42 Å². The molecule has 0 saturated heterocycles. The van der Waals surface area contributed by atoms with Gasteiger partial charge in [0.2, 0.25) is 21.8 Å². The normalized spacial score (nSPS) is 12.0. The fraction of sp³-hybridized carbons (Fsp3) is 0.355. The Morgan fingerprint density at radius 3 is 2.10 bits per heavy atom. The number of carbonyl (C=O) groups excluding carboxylic acids is 2. The molecule has 3 aromatic carbocycles. The van der Waals surface area contributed by atoms with E-state index in [0.717, 1.165) is 44.8 Å². The van der Waals surface area contributed by atoms with E-state index >= 15 is 0 Å². The van der Waals surface area contributed by atoms with Crippen molar-refractivity contribution in [1.29, 1.82) is 0 Å². The first-order chi connectivity index (χ1) is 18.5. The van der Waals surface area contributed by atoms with E-state index in [-0.39, 0.29) is 12.5 Å². The highest BCUT2D eigenvalue weighted by Gasteiger charge is 2.33. The molecule has 0 aromatic heterocycles. The highest BCUT2D eigenvalue weighted by atomic mass is 32.2. The van der Waals surface area contributed by atoms with Crippen molar-refractivity contribution in [2.45, 2.75) is 53.1 Å². The van der Waals surface area contributed by atoms with Gasteiger partial charge in [0.1, 0.15) is 12.6 Å². The van der Waals surface area contributed by atoms with Gasteiger partial charge in [-0.05, 0) is 49.9 Å². The van der Waals surface area contributed by atoms with Gasteiger partial charge in [-0.2, -0.15) is 0 Å². The molecule has 0 fully saturated rings. The van der Waals surface area contributed by atoms with Crippen LogP contribution in [0.25, 0.3) is 0 Å². The summed E-state index contributed by atoms with van der Waals surface area (Å²) in [6.07, 6.45) is 2.15. The van der Waals surface area contributed by atoms with E-state index in [2.05, 4.69) is 5.32 Å². The second-order valence-electron chi connectivity index (χ2n) is 10.1. The van der Waals surface area contributed by atoms with Crippen LogP contribution in [0.1, 0.15) is 41.2 Å². The number of sulfonamides is 1. The summed E-state index contributed by atoms with van der Waals surface area (Å²) in [4.78, 5) is 29.1. The van der Waals surface area contributed by atoms with Gasteiger partial charge in [-0.3, -0.25) is 13.9 Å². The number of carbonyl (C=O) groups is 2. The Morgan fingerprint density at radius 1 is 0.872 bits per heavy atom. The lowest BCUT2D eigenvalue weighted by molar-refractivity contribution is -0.140. The second kappa shape index (κ2) is 13.4. The van der Waals surface area contributed by atoms with Crippen molar-refractivity contribution in [1.82, 2.24) is 10.2 Å². The molecule has 0 radical (unpaired) electrons. The quantitative estimate of drug-likeness (QED) is 0.359. The topological polar surface area (TPSA) is 86.8 Å². The van der Waals surface area contributed by atoms with Crippen molar-refractivity contribution < 1.29 is 18.0 Å². The molecule has 3 aromatic rings. The van der Waals surface area contributed by atoms with Crippen molar-refractivity contribution in [3.63, 3.8) is 0 Å². The van der Waals surface area contributed by atoms with Crippen molar-refractivity contribution in [2.75, 3.05) is 23.7 Å². The van der Waals surface area contributed by atoms with E-state index in [0.29, 0.717) is 18.7 Å². The largest absolute Gasteiger partial charge is 0.354 e. The van der Waals surface area contributed by atoms with E-state index in [4.69, 9.17) is 0 Å². The average Bonchev–Trinajstić information content (AvgIpc) is 2.89. The third-order valence-electron chi connectivity index (χ3n) is 6.59. The molecule has 0 bridgehead atoms. The summed E-state index contributed by atoms with van der Waals surface area (Å²) < 4.78 is 27.0. The van der Waals surface area contributed by atoms with Crippen LogP contribution in [0.5, 0.6) is 0 Å². The molecule has 0 aliphatic carbocycles. The summed E-state index contributed by atoms with van der Waals surface area (Å²) in [7, 11) is -3.79. The number of rotatable bonds is 12. The molecule has 0 spiro atoms. The molecular formula is C31H39N3O4S. The van der Waals surface area contributed by atoms with Crippen LogP contribution in [0.15, 0.2) is 72.8 Å². The summed E-state index contributed by atoms with van der Waals surface area (Å²) in [6.45, 7) is 7.94. The molecule has 1 atom stereocenters. The predicted molar refractivity (Wildman–Crippen MR) is 157 cm³/mol. The minimum absolute atomic E-state index is 0.167. The Morgan fingerprint density at radius 2 is 1.51 bits per heavy atom. The molecule has 0 saturated carbocycles. The molecule has 1 N–H and O–H groups in total. The second-order valence-corrected chi connectivity index (χ2v) is 12.0. The maximum Gasteiger partial charge on any atom is 0.244 e. The van der Waals surface area contributed by atoms with Crippen LogP contribution in [0, 0.1) is 20.8 Å². The van der Waals surface area contributed by atoms with Crippen LogP contribution in [0.4, 0.5) is 5.69 Å². The summed E-state index contributed by atoms with van der Waals surface area (Å²) in [5.41, 5.74) is 5.03. The Kier molecular flexibility index (Phi) is 10.3. The lowest BCUT2D eigenvalue weighted by Gasteiger charge is -2.34. The van der Waals surface area contributed by atoms with Crippen molar-refractivity contribution in [2.24, 2.45) is 0 Å². The highest BCUT2D eigenvalue weighted by molar-refractivity contribution is 7.92. The van der Waals surface area contributed by atoms with E-state index in [1.807, 2.05) is 94.4 Å². The Bertz CT molecular complexity index is 1370. The molecule has 3 rings (SSSR count). The van der Waals surface area contributed by atoms with Gasteiger partial charge in [0.15, 0.2) is 0 Å². The van der Waals surface area contributed by atoms with Crippen LogP contribution >= 0.6 is 0 Å². The molecule has 0 aliphatic heterocycles. The molecule has 0 aliphatic rings. The smallest absolute Gasteiger partial charge is 0.244 e. The lowest BCUT2D eigenvalue weighted by Crippen LogP contribution is -2.53. The van der Waals surface area contributed by atoms with Gasteiger partial charge < -0.3 is 10.2 Å². The first-order valence-corrected chi connectivity index (χ1v) is 15.1. The molecule has 8 heteroatoms. The van der Waals surface area contributed by atoms with E-state index in [1.165, 1.54) is 4.90 Å². The third kappa shape index (κ3) is 8.42. The van der Waals surface area contributed by atoms with Crippen LogP contribution in [0.2, 0.25) is 0 Å². The van der Waals surface area contributed by atoms with Crippen molar-refractivity contribution in [3.05, 3.63) is 101 Å². The number of hydrogen-bond acceptors (Lipinski definition) is 4. The monoisotopic (exact) mass is 549 g/mol. The molecule has 2 amide bonds. The number of hydrogen-bond donors (Lipinski definition) is 1. The molecular weight excluding hydrogens is 510 g/mol. The number of anilines is 1. The molecule has 0 heterocycles. The van der Waals surface area contributed by atoms with Crippen LogP contribution in [0.3, 0.4) is 0 Å². The van der Waals surface area contributed by atoms with E-state index < -0.39 is 28.5 Å². The third-order valence-corrected chi connectivity index (χ3v) is 7.72. The number of nitrogens with one attached hydrogen (secondary N) is 1. The summed E-state index contributed by atoms with van der Waals surface area (Å²) >= 11 is 0. The van der Waals surface area contributed by atoms with Gasteiger partial charge >= 0.3 is 0 Å². The summed E-state index contributed by atoms with van der Waals surface area (Å²) in [5, 5.41) is 2.95. The Labute approximate surface area is 232 Å². The minimum Gasteiger partial charge on any atom is -0.354 e. The first kappa shape index (κ1) is 29.9. The fourth-order valence-corrected chi connectivity index (χ4v) is 5.40. The summed E-state index contributed by atoms with van der Waals surface area (Å²) in [5.74, 6) is -0.716. The SMILES string of the molecule is CCCNC(=O)C(Cc1ccccc1)N(Cc1ccc(C)cc1)C(=O)CN(c1ccc(C)cc1C)S(C)(=O)=O.